The lowest BCUT2D eigenvalue weighted by atomic mass is 10.2. The molecular formula is C14H12ClFN6O. The fourth-order valence-electron chi connectivity index (χ4n) is 2.08. The van der Waals surface area contributed by atoms with Gasteiger partial charge in [-0.15, -0.1) is 0 Å². The highest BCUT2D eigenvalue weighted by Crippen LogP contribution is 2.23. The molecule has 2 aromatic heterocycles. The van der Waals surface area contributed by atoms with Crippen LogP contribution in [0.25, 0.3) is 11.2 Å². The van der Waals surface area contributed by atoms with Gasteiger partial charge in [-0.2, -0.15) is 0 Å². The minimum Gasteiger partial charge on any atom is -0.339 e. The van der Waals surface area contributed by atoms with E-state index in [-0.39, 0.29) is 17.4 Å². The van der Waals surface area contributed by atoms with Crippen LogP contribution in [-0.4, -0.2) is 26.0 Å². The van der Waals surface area contributed by atoms with Gasteiger partial charge in [0.25, 0.3) is 0 Å². The average molecular weight is 335 g/mol. The number of H-pyrrole nitrogens is 1. The van der Waals surface area contributed by atoms with E-state index in [2.05, 4.69) is 19.9 Å². The first-order valence-electron chi connectivity index (χ1n) is 6.60. The zero-order valence-corrected chi connectivity index (χ0v) is 12.5. The molecule has 23 heavy (non-hydrogen) atoms. The summed E-state index contributed by atoms with van der Waals surface area (Å²) in [4.78, 5) is 15.6. The Morgan fingerprint density at radius 1 is 1.43 bits per heavy atom. The number of nitrogens with zero attached hydrogens (tertiary/aromatic N) is 3. The number of imidazole rings is 1. The fourth-order valence-corrected chi connectivity index (χ4v) is 2.26. The maximum absolute atomic E-state index is 13.2. The average Bonchev–Trinajstić information content (AvgIpc) is 2.99. The number of benzene rings is 1. The van der Waals surface area contributed by atoms with Crippen LogP contribution in [0.15, 0.2) is 35.5 Å². The van der Waals surface area contributed by atoms with Gasteiger partial charge >= 0.3 is 0 Å². The van der Waals surface area contributed by atoms with Crippen LogP contribution < -0.4 is 11.2 Å². The van der Waals surface area contributed by atoms with Gasteiger partial charge in [0, 0.05) is 11.8 Å². The molecule has 7 nitrogen and oxygen atoms in total. The monoisotopic (exact) mass is 334 g/mol. The second-order valence-corrected chi connectivity index (χ2v) is 5.02. The zero-order valence-electron chi connectivity index (χ0n) is 11.7. The molecule has 0 aliphatic carbocycles. The van der Waals surface area contributed by atoms with Gasteiger partial charge in [-0.1, -0.05) is 11.6 Å². The SMILES string of the molecule is NCc1nc2nccc(C(=Nc3ccc(F)c(Cl)c3)NO)c2[nH]1. The van der Waals surface area contributed by atoms with Crippen LogP contribution in [0, 0.1) is 5.82 Å². The van der Waals surface area contributed by atoms with E-state index in [0.29, 0.717) is 28.2 Å². The van der Waals surface area contributed by atoms with Gasteiger partial charge in [0.05, 0.1) is 22.8 Å². The molecule has 118 valence electrons. The molecule has 0 fully saturated rings. The van der Waals surface area contributed by atoms with Gasteiger partial charge in [0.2, 0.25) is 0 Å². The predicted octanol–water partition coefficient (Wildman–Crippen LogP) is 2.27. The lowest BCUT2D eigenvalue weighted by molar-refractivity contribution is 0.235. The number of rotatable bonds is 3. The highest BCUT2D eigenvalue weighted by molar-refractivity contribution is 6.31. The van der Waals surface area contributed by atoms with Crippen molar-refractivity contribution in [3.63, 3.8) is 0 Å². The Hall–Kier alpha value is -2.55. The summed E-state index contributed by atoms with van der Waals surface area (Å²) < 4.78 is 13.2. The number of aliphatic imine (C=N–C) groups is 1. The summed E-state index contributed by atoms with van der Waals surface area (Å²) in [6.07, 6.45) is 1.53. The van der Waals surface area contributed by atoms with Crippen LogP contribution >= 0.6 is 11.6 Å². The summed E-state index contributed by atoms with van der Waals surface area (Å²) in [5.41, 5.74) is 9.51. The first-order chi connectivity index (χ1) is 11.1. The topological polar surface area (TPSA) is 112 Å². The molecule has 0 saturated heterocycles. The Labute approximate surface area is 135 Å². The summed E-state index contributed by atoms with van der Waals surface area (Å²) in [6, 6.07) is 5.63. The lowest BCUT2D eigenvalue weighted by Gasteiger charge is -2.06. The molecule has 3 rings (SSSR count). The molecule has 0 spiro atoms. The summed E-state index contributed by atoms with van der Waals surface area (Å²) in [6.45, 7) is 0.225. The van der Waals surface area contributed by atoms with Crippen LogP contribution in [0.2, 0.25) is 5.02 Å². The fraction of sp³-hybridized carbons (Fsp3) is 0.0714. The Balaban J connectivity index is 2.11. The van der Waals surface area contributed by atoms with E-state index in [0.717, 1.165) is 0 Å². The lowest BCUT2D eigenvalue weighted by Crippen LogP contribution is -2.20. The molecule has 0 radical (unpaired) electrons. The number of nitrogens with one attached hydrogen (secondary N) is 2. The number of pyridine rings is 1. The van der Waals surface area contributed by atoms with Gasteiger partial charge in [-0.05, 0) is 24.3 Å². The second-order valence-electron chi connectivity index (χ2n) is 4.62. The highest BCUT2D eigenvalue weighted by atomic mass is 35.5. The van der Waals surface area contributed by atoms with E-state index < -0.39 is 5.82 Å². The first kappa shape index (κ1) is 15.3. The number of fused-ring (bicyclic) bond motifs is 1. The van der Waals surface area contributed by atoms with Gasteiger partial charge in [-0.25, -0.2) is 19.4 Å². The standard InChI is InChI=1S/C14H12ClFN6O/c15-9-5-7(1-2-10(9)16)19-13(22-23)8-3-4-18-14-12(8)20-11(6-17)21-14/h1-5,23H,6,17H2,(H,19,22)(H,18,20,21). The summed E-state index contributed by atoms with van der Waals surface area (Å²) in [7, 11) is 0. The van der Waals surface area contributed by atoms with Crippen molar-refractivity contribution in [3.8, 4) is 0 Å². The van der Waals surface area contributed by atoms with Crippen LogP contribution in [0.5, 0.6) is 0 Å². The van der Waals surface area contributed by atoms with E-state index >= 15 is 0 Å². The maximum Gasteiger partial charge on any atom is 0.178 e. The van der Waals surface area contributed by atoms with Gasteiger partial charge < -0.3 is 10.7 Å². The third-order valence-corrected chi connectivity index (χ3v) is 3.43. The molecule has 0 aliphatic rings. The molecule has 0 aliphatic heterocycles. The molecule has 0 atom stereocenters. The quantitative estimate of drug-likeness (QED) is 0.333. The number of aromatic amines is 1. The van der Waals surface area contributed by atoms with Crippen molar-refractivity contribution >= 4 is 34.3 Å². The van der Waals surface area contributed by atoms with Crippen molar-refractivity contribution in [2.24, 2.45) is 10.7 Å². The molecular weight excluding hydrogens is 323 g/mol. The molecule has 1 aromatic carbocycles. The van der Waals surface area contributed by atoms with Crippen LogP contribution in [0.3, 0.4) is 0 Å². The maximum atomic E-state index is 13.2. The number of hydrogen-bond donors (Lipinski definition) is 4. The van der Waals surface area contributed by atoms with Crippen molar-refractivity contribution in [2.45, 2.75) is 6.54 Å². The second kappa shape index (κ2) is 6.29. The Morgan fingerprint density at radius 2 is 2.26 bits per heavy atom. The predicted molar refractivity (Wildman–Crippen MR) is 84.3 cm³/mol. The number of amidine groups is 1. The molecule has 5 N–H and O–H groups in total. The van der Waals surface area contributed by atoms with Crippen molar-refractivity contribution in [2.75, 3.05) is 0 Å². The van der Waals surface area contributed by atoms with Crippen molar-refractivity contribution in [1.82, 2.24) is 20.4 Å². The van der Waals surface area contributed by atoms with Crippen molar-refractivity contribution in [1.29, 1.82) is 0 Å². The molecule has 2 heterocycles. The summed E-state index contributed by atoms with van der Waals surface area (Å²) in [5.74, 6) is 0.144. The van der Waals surface area contributed by atoms with Gasteiger partial charge in [0.1, 0.15) is 11.6 Å². The third-order valence-electron chi connectivity index (χ3n) is 3.14. The minimum absolute atomic E-state index is 0.0598. The number of hydroxylamine groups is 1. The number of halogens is 2. The van der Waals surface area contributed by atoms with E-state index in [1.807, 2.05) is 5.48 Å². The van der Waals surface area contributed by atoms with Crippen molar-refractivity contribution in [3.05, 3.63) is 52.7 Å². The van der Waals surface area contributed by atoms with Crippen molar-refractivity contribution < 1.29 is 9.60 Å². The Morgan fingerprint density at radius 3 is 2.96 bits per heavy atom. The summed E-state index contributed by atoms with van der Waals surface area (Å²) >= 11 is 5.74. The van der Waals surface area contributed by atoms with E-state index in [4.69, 9.17) is 17.3 Å². The van der Waals surface area contributed by atoms with Crippen LogP contribution in [-0.2, 0) is 6.54 Å². The van der Waals surface area contributed by atoms with Gasteiger partial charge in [-0.3, -0.25) is 10.7 Å². The van der Waals surface area contributed by atoms with Gasteiger partial charge in [0.15, 0.2) is 11.5 Å². The normalized spacial score (nSPS) is 11.9. The number of aromatic nitrogens is 3. The number of hydrogen-bond acceptors (Lipinski definition) is 5. The number of nitrogens with two attached hydrogens (primary N) is 1. The molecule has 0 amide bonds. The minimum atomic E-state index is -0.545. The van der Waals surface area contributed by atoms with Crippen LogP contribution in [0.1, 0.15) is 11.4 Å². The van der Waals surface area contributed by atoms with Crippen LogP contribution in [0.4, 0.5) is 10.1 Å². The molecule has 0 saturated carbocycles. The smallest absolute Gasteiger partial charge is 0.178 e. The third kappa shape index (κ3) is 3.00. The Bertz CT molecular complexity index is 894. The van der Waals surface area contributed by atoms with E-state index in [1.54, 1.807) is 6.07 Å². The molecule has 9 heteroatoms. The Kier molecular flexibility index (Phi) is 4.20. The molecule has 3 aromatic rings. The molecule has 0 unspecified atom stereocenters. The summed E-state index contributed by atoms with van der Waals surface area (Å²) in [5, 5.41) is 9.36. The van der Waals surface area contributed by atoms with E-state index in [9.17, 15) is 9.60 Å². The first-order valence-corrected chi connectivity index (χ1v) is 6.98. The van der Waals surface area contributed by atoms with E-state index in [1.165, 1.54) is 24.4 Å². The highest BCUT2D eigenvalue weighted by Gasteiger charge is 2.13. The largest absolute Gasteiger partial charge is 0.339 e. The molecule has 0 bridgehead atoms. The zero-order chi connectivity index (χ0) is 16.4.